The molecule has 1 aromatic heterocycles. The van der Waals surface area contributed by atoms with Crippen molar-refractivity contribution >= 4 is 33.0 Å². The number of fused-ring (bicyclic) bond motifs is 1. The van der Waals surface area contributed by atoms with E-state index in [0.29, 0.717) is 16.6 Å². The maximum absolute atomic E-state index is 12.3. The second-order valence-corrected chi connectivity index (χ2v) is 7.09. The molecular weight excluding hydrogens is 294 g/mol. The Hall–Kier alpha value is -2.09. The van der Waals surface area contributed by atoms with Crippen molar-refractivity contribution in [2.45, 2.75) is 26.0 Å². The molecule has 0 bridgehead atoms. The first kappa shape index (κ1) is 15.3. The van der Waals surface area contributed by atoms with Gasteiger partial charge in [-0.1, -0.05) is 0 Å². The van der Waals surface area contributed by atoms with E-state index in [1.807, 2.05) is 0 Å². The third kappa shape index (κ3) is 2.58. The second-order valence-electron chi connectivity index (χ2n) is 4.75. The van der Waals surface area contributed by atoms with E-state index < -0.39 is 21.2 Å². The smallest absolute Gasteiger partial charge is 0.338 e. The Morgan fingerprint density at radius 2 is 2.10 bits per heavy atom. The Bertz CT molecular complexity index is 793. The summed E-state index contributed by atoms with van der Waals surface area (Å²) in [5, 5.41) is -0.637. The van der Waals surface area contributed by atoms with Gasteiger partial charge in [0, 0.05) is 0 Å². The molecule has 1 aromatic carbocycles. The summed E-state index contributed by atoms with van der Waals surface area (Å²) in [4.78, 5) is 15.7. The number of hydrogen-bond acceptors (Lipinski definition) is 6. The molecule has 0 aliphatic heterocycles. The number of benzene rings is 1. The summed E-state index contributed by atoms with van der Waals surface area (Å²) in [6.07, 6.45) is 0. The number of carbonyl (C=O) groups excluding carboxylic acids is 1. The molecule has 0 radical (unpaired) electrons. The van der Waals surface area contributed by atoms with Crippen LogP contribution in [0.5, 0.6) is 0 Å². The van der Waals surface area contributed by atoms with Crippen LogP contribution in [0, 0.1) is 0 Å². The SMILES string of the molecule is CCOC(=O)c1ccc2c(c1)nc(N)n2S(=O)(=O)C(C)C. The van der Waals surface area contributed by atoms with Crippen LogP contribution in [0.2, 0.25) is 0 Å². The number of anilines is 1. The Morgan fingerprint density at radius 3 is 2.67 bits per heavy atom. The first-order valence-corrected chi connectivity index (χ1v) is 7.98. The summed E-state index contributed by atoms with van der Waals surface area (Å²) in [5.41, 5.74) is 6.70. The van der Waals surface area contributed by atoms with Gasteiger partial charge < -0.3 is 10.5 Å². The summed E-state index contributed by atoms with van der Waals surface area (Å²) in [6.45, 7) is 5.09. The van der Waals surface area contributed by atoms with E-state index in [9.17, 15) is 13.2 Å². The van der Waals surface area contributed by atoms with Crippen LogP contribution < -0.4 is 5.73 Å². The topological polar surface area (TPSA) is 104 Å². The molecule has 21 heavy (non-hydrogen) atoms. The molecule has 7 nitrogen and oxygen atoms in total. The summed E-state index contributed by atoms with van der Waals surface area (Å²) >= 11 is 0. The Morgan fingerprint density at radius 1 is 1.43 bits per heavy atom. The number of hydrogen-bond donors (Lipinski definition) is 1. The van der Waals surface area contributed by atoms with Crippen LogP contribution in [0.25, 0.3) is 11.0 Å². The van der Waals surface area contributed by atoms with Crippen molar-refractivity contribution in [1.29, 1.82) is 0 Å². The number of nitrogens with two attached hydrogens (primary N) is 1. The van der Waals surface area contributed by atoms with E-state index in [4.69, 9.17) is 10.5 Å². The molecule has 0 saturated carbocycles. The van der Waals surface area contributed by atoms with Crippen LogP contribution in [0.4, 0.5) is 5.95 Å². The van der Waals surface area contributed by atoms with E-state index in [0.717, 1.165) is 3.97 Å². The van der Waals surface area contributed by atoms with Gasteiger partial charge in [-0.2, -0.15) is 0 Å². The van der Waals surface area contributed by atoms with Gasteiger partial charge in [-0.25, -0.2) is 22.2 Å². The predicted molar refractivity (Wildman–Crippen MR) is 79.6 cm³/mol. The van der Waals surface area contributed by atoms with Gasteiger partial charge >= 0.3 is 5.97 Å². The number of ether oxygens (including phenoxy) is 1. The molecule has 0 atom stereocenters. The zero-order valence-corrected chi connectivity index (χ0v) is 12.8. The Balaban J connectivity index is 2.62. The molecule has 0 fully saturated rings. The fourth-order valence-electron chi connectivity index (χ4n) is 1.90. The van der Waals surface area contributed by atoms with Gasteiger partial charge in [0.25, 0.3) is 0 Å². The monoisotopic (exact) mass is 311 g/mol. The van der Waals surface area contributed by atoms with Crippen molar-refractivity contribution in [3.8, 4) is 0 Å². The Labute approximate surface area is 122 Å². The van der Waals surface area contributed by atoms with Crippen LogP contribution in [-0.4, -0.2) is 35.2 Å². The number of carbonyl (C=O) groups is 1. The fourth-order valence-corrected chi connectivity index (χ4v) is 3.05. The highest BCUT2D eigenvalue weighted by Gasteiger charge is 2.24. The van der Waals surface area contributed by atoms with Gasteiger partial charge in [-0.05, 0) is 39.0 Å². The molecule has 2 aromatic rings. The Kier molecular flexibility index (Phi) is 3.91. The van der Waals surface area contributed by atoms with E-state index in [1.165, 1.54) is 18.2 Å². The van der Waals surface area contributed by atoms with Crippen molar-refractivity contribution < 1.29 is 17.9 Å². The molecule has 0 amide bonds. The van der Waals surface area contributed by atoms with Gasteiger partial charge in [-0.15, -0.1) is 0 Å². The number of esters is 1. The quantitative estimate of drug-likeness (QED) is 0.855. The third-order valence-corrected chi connectivity index (χ3v) is 5.08. The van der Waals surface area contributed by atoms with Crippen molar-refractivity contribution in [3.05, 3.63) is 23.8 Å². The predicted octanol–water partition coefficient (Wildman–Crippen LogP) is 1.38. The van der Waals surface area contributed by atoms with Crippen LogP contribution in [0.15, 0.2) is 18.2 Å². The van der Waals surface area contributed by atoms with Gasteiger partial charge in [-0.3, -0.25) is 0 Å². The normalized spacial score (nSPS) is 12.0. The molecule has 0 saturated heterocycles. The van der Waals surface area contributed by atoms with Crippen molar-refractivity contribution in [2.75, 3.05) is 12.3 Å². The fraction of sp³-hybridized carbons (Fsp3) is 0.385. The molecule has 1 heterocycles. The van der Waals surface area contributed by atoms with Crippen molar-refractivity contribution in [3.63, 3.8) is 0 Å². The molecule has 114 valence electrons. The summed E-state index contributed by atoms with van der Waals surface area (Å²) < 4.78 is 30.5. The zero-order valence-electron chi connectivity index (χ0n) is 12.0. The van der Waals surface area contributed by atoms with Crippen LogP contribution in [0.1, 0.15) is 31.1 Å². The summed E-state index contributed by atoms with van der Waals surface area (Å²) in [7, 11) is -3.62. The van der Waals surface area contributed by atoms with Crippen LogP contribution >= 0.6 is 0 Å². The van der Waals surface area contributed by atoms with Gasteiger partial charge in [0.15, 0.2) is 0 Å². The zero-order chi connectivity index (χ0) is 15.8. The van der Waals surface area contributed by atoms with E-state index >= 15 is 0 Å². The average Bonchev–Trinajstić information content (AvgIpc) is 2.73. The largest absolute Gasteiger partial charge is 0.462 e. The lowest BCUT2D eigenvalue weighted by molar-refractivity contribution is 0.0526. The minimum Gasteiger partial charge on any atom is -0.462 e. The molecule has 0 aliphatic rings. The number of imidazole rings is 1. The molecule has 8 heteroatoms. The minimum absolute atomic E-state index is 0.125. The van der Waals surface area contributed by atoms with Crippen molar-refractivity contribution in [1.82, 2.24) is 8.96 Å². The molecule has 2 rings (SSSR count). The first-order chi connectivity index (χ1) is 9.78. The number of aromatic nitrogens is 2. The number of nitrogens with zero attached hydrogens (tertiary/aromatic N) is 2. The maximum Gasteiger partial charge on any atom is 0.338 e. The van der Waals surface area contributed by atoms with Crippen LogP contribution in [0.3, 0.4) is 0 Å². The summed E-state index contributed by atoms with van der Waals surface area (Å²) in [5.74, 6) is -0.612. The third-order valence-electron chi connectivity index (χ3n) is 3.00. The molecule has 0 unspecified atom stereocenters. The lowest BCUT2D eigenvalue weighted by Gasteiger charge is -2.11. The first-order valence-electron chi connectivity index (χ1n) is 6.48. The van der Waals surface area contributed by atoms with Gasteiger partial charge in [0.05, 0.1) is 28.5 Å². The lowest BCUT2D eigenvalue weighted by Crippen LogP contribution is -2.23. The molecule has 2 N–H and O–H groups in total. The molecular formula is C13H17N3O4S. The van der Waals surface area contributed by atoms with Gasteiger partial charge in [0.2, 0.25) is 16.0 Å². The van der Waals surface area contributed by atoms with Crippen LogP contribution in [-0.2, 0) is 14.8 Å². The highest BCUT2D eigenvalue weighted by atomic mass is 32.2. The van der Waals surface area contributed by atoms with E-state index in [2.05, 4.69) is 4.98 Å². The maximum atomic E-state index is 12.3. The second kappa shape index (κ2) is 5.36. The lowest BCUT2D eigenvalue weighted by atomic mass is 10.2. The highest BCUT2D eigenvalue weighted by molar-refractivity contribution is 7.90. The van der Waals surface area contributed by atoms with Crippen molar-refractivity contribution in [2.24, 2.45) is 0 Å². The van der Waals surface area contributed by atoms with E-state index in [1.54, 1.807) is 20.8 Å². The standard InChI is InChI=1S/C13H17N3O4S/c1-4-20-12(17)9-5-6-11-10(7-9)15-13(14)16(11)21(18,19)8(2)3/h5-8H,4H2,1-3H3,(H2,14,15). The minimum atomic E-state index is -3.62. The highest BCUT2D eigenvalue weighted by Crippen LogP contribution is 2.23. The summed E-state index contributed by atoms with van der Waals surface area (Å²) in [6, 6.07) is 4.47. The number of nitrogen functional groups attached to an aromatic ring is 1. The molecule has 0 spiro atoms. The van der Waals surface area contributed by atoms with Gasteiger partial charge in [0.1, 0.15) is 0 Å². The number of rotatable bonds is 4. The molecule has 0 aliphatic carbocycles. The average molecular weight is 311 g/mol. The van der Waals surface area contributed by atoms with E-state index in [-0.39, 0.29) is 12.6 Å².